The Kier molecular flexibility index (Phi) is 4.28. The van der Waals surface area contributed by atoms with Gasteiger partial charge in [0.2, 0.25) is 0 Å². The van der Waals surface area contributed by atoms with E-state index >= 15 is 0 Å². The van der Waals surface area contributed by atoms with Crippen molar-refractivity contribution in [3.05, 3.63) is 35.9 Å². The van der Waals surface area contributed by atoms with E-state index in [1.807, 2.05) is 32.0 Å². The number of hydrogen-bond acceptors (Lipinski definition) is 1. The van der Waals surface area contributed by atoms with Gasteiger partial charge in [-0.1, -0.05) is 58.0 Å². The molecule has 0 aliphatic rings. The molecule has 1 aromatic carbocycles. The van der Waals surface area contributed by atoms with Crippen molar-refractivity contribution in [2.75, 3.05) is 0 Å². The van der Waals surface area contributed by atoms with Gasteiger partial charge in [0.05, 0.1) is 5.41 Å². The van der Waals surface area contributed by atoms with E-state index in [9.17, 15) is 4.79 Å². The zero-order valence-electron chi connectivity index (χ0n) is 10.8. The van der Waals surface area contributed by atoms with Crippen molar-refractivity contribution in [3.8, 4) is 0 Å². The number of ketones is 1. The maximum atomic E-state index is 12.4. The third kappa shape index (κ3) is 2.18. The van der Waals surface area contributed by atoms with Gasteiger partial charge in [0.15, 0.2) is 0 Å². The lowest BCUT2D eigenvalue weighted by atomic mass is 9.69. The van der Waals surface area contributed by atoms with Crippen LogP contribution in [0.2, 0.25) is 0 Å². The number of rotatable bonds is 5. The van der Waals surface area contributed by atoms with E-state index in [0.29, 0.717) is 5.78 Å². The molecule has 0 atom stereocenters. The highest BCUT2D eigenvalue weighted by Gasteiger charge is 2.37. The van der Waals surface area contributed by atoms with Gasteiger partial charge >= 0.3 is 0 Å². The summed E-state index contributed by atoms with van der Waals surface area (Å²) in [6.07, 6.45) is 1.76. The van der Waals surface area contributed by atoms with Crippen LogP contribution in [0.3, 0.4) is 0 Å². The van der Waals surface area contributed by atoms with Crippen molar-refractivity contribution in [1.29, 1.82) is 0 Å². The molecule has 0 radical (unpaired) electrons. The molecule has 0 amide bonds. The van der Waals surface area contributed by atoms with E-state index < -0.39 is 0 Å². The minimum atomic E-state index is -0.282. The van der Waals surface area contributed by atoms with E-state index in [-0.39, 0.29) is 11.3 Å². The van der Waals surface area contributed by atoms with E-state index in [2.05, 4.69) is 26.0 Å². The molecule has 0 N–H and O–H groups in total. The van der Waals surface area contributed by atoms with Crippen LogP contribution in [-0.2, 0) is 10.2 Å². The Labute approximate surface area is 98.9 Å². The fraction of sp³-hybridized carbons (Fsp3) is 0.533. The van der Waals surface area contributed by atoms with Crippen LogP contribution in [0.15, 0.2) is 30.3 Å². The van der Waals surface area contributed by atoms with E-state index in [0.717, 1.165) is 12.8 Å². The van der Waals surface area contributed by atoms with Crippen LogP contribution in [0, 0.1) is 5.92 Å². The molecule has 16 heavy (non-hydrogen) atoms. The largest absolute Gasteiger partial charge is 0.298 e. The molecule has 0 bridgehead atoms. The normalized spacial score (nSPS) is 11.8. The maximum Gasteiger partial charge on any atom is 0.145 e. The van der Waals surface area contributed by atoms with Gasteiger partial charge in [-0.15, -0.1) is 0 Å². The predicted octanol–water partition coefficient (Wildman–Crippen LogP) is 3.97. The third-order valence-electron chi connectivity index (χ3n) is 3.53. The van der Waals surface area contributed by atoms with Crippen LogP contribution in [0.4, 0.5) is 0 Å². The first-order chi connectivity index (χ1) is 7.58. The Morgan fingerprint density at radius 3 is 2.00 bits per heavy atom. The minimum Gasteiger partial charge on any atom is -0.298 e. The van der Waals surface area contributed by atoms with E-state index in [1.54, 1.807) is 0 Å². The van der Waals surface area contributed by atoms with Crippen LogP contribution >= 0.6 is 0 Å². The lowest BCUT2D eigenvalue weighted by Crippen LogP contribution is -2.37. The fourth-order valence-electron chi connectivity index (χ4n) is 2.46. The summed E-state index contributed by atoms with van der Waals surface area (Å²) >= 11 is 0. The molecule has 0 spiro atoms. The second-order valence-electron chi connectivity index (χ2n) is 4.67. The summed E-state index contributed by atoms with van der Waals surface area (Å²) < 4.78 is 0. The van der Waals surface area contributed by atoms with Crippen LogP contribution in [0.1, 0.15) is 46.1 Å². The van der Waals surface area contributed by atoms with Gasteiger partial charge in [-0.25, -0.2) is 0 Å². The van der Waals surface area contributed by atoms with Gasteiger partial charge in [-0.05, 0) is 18.4 Å². The second kappa shape index (κ2) is 5.29. The number of carbonyl (C=O) groups excluding carboxylic acids is 1. The molecule has 0 heterocycles. The number of benzene rings is 1. The summed E-state index contributed by atoms with van der Waals surface area (Å²) in [7, 11) is 0. The Balaban J connectivity index is 3.21. The third-order valence-corrected chi connectivity index (χ3v) is 3.53. The zero-order chi connectivity index (χ0) is 12.2. The van der Waals surface area contributed by atoms with Gasteiger partial charge in [-0.2, -0.15) is 0 Å². The molecule has 1 aromatic rings. The first-order valence-corrected chi connectivity index (χ1v) is 6.18. The topological polar surface area (TPSA) is 17.1 Å². The molecule has 88 valence electrons. The Bertz CT molecular complexity index is 334. The summed E-state index contributed by atoms with van der Waals surface area (Å²) in [5.74, 6) is 0.462. The van der Waals surface area contributed by atoms with Crippen LogP contribution in [0.5, 0.6) is 0 Å². The first kappa shape index (κ1) is 13.0. The monoisotopic (exact) mass is 218 g/mol. The molecule has 1 heteroatoms. The molecule has 0 aromatic heterocycles. The van der Waals surface area contributed by atoms with Crippen LogP contribution in [0.25, 0.3) is 0 Å². The van der Waals surface area contributed by atoms with Crippen molar-refractivity contribution < 1.29 is 4.79 Å². The highest BCUT2D eigenvalue weighted by Crippen LogP contribution is 2.34. The number of Topliss-reactive ketones (excluding diaryl/α,β-unsaturated/α-hetero) is 1. The number of hydrogen-bond donors (Lipinski definition) is 0. The SMILES string of the molecule is CCC(CC)(C(=O)C(C)C)c1ccccc1. The smallest absolute Gasteiger partial charge is 0.145 e. The molecular formula is C15H22O. The van der Waals surface area contributed by atoms with Crippen LogP contribution < -0.4 is 0 Å². The fourth-order valence-corrected chi connectivity index (χ4v) is 2.46. The highest BCUT2D eigenvalue weighted by molar-refractivity contribution is 5.91. The summed E-state index contributed by atoms with van der Waals surface area (Å²) in [5.41, 5.74) is 0.883. The molecule has 0 fully saturated rings. The van der Waals surface area contributed by atoms with E-state index in [4.69, 9.17) is 0 Å². The second-order valence-corrected chi connectivity index (χ2v) is 4.67. The zero-order valence-corrected chi connectivity index (χ0v) is 10.8. The quantitative estimate of drug-likeness (QED) is 0.731. The van der Waals surface area contributed by atoms with Gasteiger partial charge in [0.1, 0.15) is 5.78 Å². The van der Waals surface area contributed by atoms with Crippen LogP contribution in [-0.4, -0.2) is 5.78 Å². The molecule has 0 saturated carbocycles. The molecule has 0 unspecified atom stereocenters. The lowest BCUT2D eigenvalue weighted by molar-refractivity contribution is -0.128. The van der Waals surface area contributed by atoms with Crippen molar-refractivity contribution in [3.63, 3.8) is 0 Å². The molecule has 1 rings (SSSR count). The van der Waals surface area contributed by atoms with Crippen molar-refractivity contribution in [1.82, 2.24) is 0 Å². The predicted molar refractivity (Wildman–Crippen MR) is 68.5 cm³/mol. The first-order valence-electron chi connectivity index (χ1n) is 6.18. The lowest BCUT2D eigenvalue weighted by Gasteiger charge is -2.32. The Morgan fingerprint density at radius 2 is 1.62 bits per heavy atom. The van der Waals surface area contributed by atoms with Gasteiger partial charge < -0.3 is 0 Å². The average Bonchev–Trinajstić information content (AvgIpc) is 2.32. The van der Waals surface area contributed by atoms with Gasteiger partial charge in [0.25, 0.3) is 0 Å². The van der Waals surface area contributed by atoms with E-state index in [1.165, 1.54) is 5.56 Å². The molecule has 0 aliphatic carbocycles. The Morgan fingerprint density at radius 1 is 1.12 bits per heavy atom. The molecular weight excluding hydrogens is 196 g/mol. The minimum absolute atomic E-state index is 0.0973. The highest BCUT2D eigenvalue weighted by atomic mass is 16.1. The number of carbonyl (C=O) groups is 1. The summed E-state index contributed by atoms with van der Waals surface area (Å²) in [4.78, 5) is 12.4. The van der Waals surface area contributed by atoms with Crippen molar-refractivity contribution in [2.45, 2.75) is 46.0 Å². The van der Waals surface area contributed by atoms with Crippen molar-refractivity contribution in [2.24, 2.45) is 5.92 Å². The summed E-state index contributed by atoms with van der Waals surface area (Å²) in [6.45, 7) is 8.20. The molecule has 0 saturated heterocycles. The average molecular weight is 218 g/mol. The summed E-state index contributed by atoms with van der Waals surface area (Å²) in [6, 6.07) is 10.2. The van der Waals surface area contributed by atoms with Gasteiger partial charge in [-0.3, -0.25) is 4.79 Å². The molecule has 0 aliphatic heterocycles. The molecule has 1 nitrogen and oxygen atoms in total. The Hall–Kier alpha value is -1.11. The standard InChI is InChI=1S/C15H22O/c1-5-15(6-2,14(16)12(3)4)13-10-8-7-9-11-13/h7-12H,5-6H2,1-4H3. The van der Waals surface area contributed by atoms with Gasteiger partial charge in [0, 0.05) is 5.92 Å². The maximum absolute atomic E-state index is 12.4. The van der Waals surface area contributed by atoms with Crippen molar-refractivity contribution >= 4 is 5.78 Å². The summed E-state index contributed by atoms with van der Waals surface area (Å²) in [5, 5.41) is 0.